The number of carbonyl (C=O) groups excluding carboxylic acids is 1. The maximum atomic E-state index is 13.8. The lowest BCUT2D eigenvalue weighted by molar-refractivity contribution is -0.124. The van der Waals surface area contributed by atoms with Gasteiger partial charge in [0, 0.05) is 11.6 Å². The highest BCUT2D eigenvalue weighted by atomic mass is 19.1. The lowest BCUT2D eigenvalue weighted by Gasteiger charge is -2.21. The minimum Gasteiger partial charge on any atom is -0.480 e. The molecule has 1 aromatic carbocycles. The number of halogens is 1. The van der Waals surface area contributed by atoms with Gasteiger partial charge in [0.2, 0.25) is 0 Å². The summed E-state index contributed by atoms with van der Waals surface area (Å²) in [4.78, 5) is 11.7. The average molecular weight is 282 g/mol. The Morgan fingerprint density at radius 3 is 2.65 bits per heavy atom. The van der Waals surface area contributed by atoms with E-state index in [0.717, 1.165) is 0 Å². The zero-order chi connectivity index (χ0) is 15.3. The molecule has 20 heavy (non-hydrogen) atoms. The second kappa shape index (κ2) is 6.70. The number of hydrogen-bond donors (Lipinski definition) is 2. The van der Waals surface area contributed by atoms with E-state index in [9.17, 15) is 9.18 Å². The summed E-state index contributed by atoms with van der Waals surface area (Å²) >= 11 is 0. The normalized spacial score (nSPS) is 12.9. The van der Waals surface area contributed by atoms with Gasteiger partial charge in [-0.25, -0.2) is 4.39 Å². The minimum atomic E-state index is -0.480. The second-order valence-electron chi connectivity index (χ2n) is 6.00. The van der Waals surface area contributed by atoms with Crippen LogP contribution in [0.3, 0.4) is 0 Å². The molecule has 0 spiro atoms. The third-order valence-corrected chi connectivity index (χ3v) is 2.45. The van der Waals surface area contributed by atoms with Crippen LogP contribution >= 0.6 is 0 Å². The molecule has 1 aromatic rings. The van der Waals surface area contributed by atoms with Crippen LogP contribution in [0.15, 0.2) is 18.2 Å². The molecule has 1 atom stereocenters. The highest BCUT2D eigenvalue weighted by Crippen LogP contribution is 2.23. The molecule has 0 aliphatic carbocycles. The molecule has 0 radical (unpaired) electrons. The Morgan fingerprint density at radius 1 is 1.45 bits per heavy atom. The molecule has 112 valence electrons. The van der Waals surface area contributed by atoms with Crippen molar-refractivity contribution in [2.75, 3.05) is 6.61 Å². The molecule has 0 aliphatic heterocycles. The van der Waals surface area contributed by atoms with Crippen molar-refractivity contribution in [2.45, 2.75) is 45.7 Å². The number of rotatable bonds is 5. The number of nitrogens with one attached hydrogen (secondary N) is 1. The van der Waals surface area contributed by atoms with Crippen molar-refractivity contribution >= 4 is 5.91 Å². The Kier molecular flexibility index (Phi) is 5.51. The molecule has 0 bridgehead atoms. The molecule has 1 rings (SSSR count). The van der Waals surface area contributed by atoms with E-state index in [1.165, 1.54) is 6.07 Å². The minimum absolute atomic E-state index is 0.105. The largest absolute Gasteiger partial charge is 0.480 e. The predicted octanol–water partition coefficient (Wildman–Crippen LogP) is 2.01. The smallest absolute Gasteiger partial charge is 0.258 e. The molecule has 0 aliphatic rings. The number of hydrogen-bond acceptors (Lipinski definition) is 3. The van der Waals surface area contributed by atoms with Crippen molar-refractivity contribution in [3.63, 3.8) is 0 Å². The van der Waals surface area contributed by atoms with E-state index in [4.69, 9.17) is 10.5 Å². The molecule has 0 aromatic heterocycles. The number of benzene rings is 1. The van der Waals surface area contributed by atoms with Crippen molar-refractivity contribution in [1.82, 2.24) is 5.32 Å². The van der Waals surface area contributed by atoms with Crippen molar-refractivity contribution < 1.29 is 13.9 Å². The first kappa shape index (κ1) is 16.4. The first-order valence-electron chi connectivity index (χ1n) is 6.66. The predicted molar refractivity (Wildman–Crippen MR) is 77.1 cm³/mol. The lowest BCUT2D eigenvalue weighted by atomic mass is 10.1. The van der Waals surface area contributed by atoms with Crippen LogP contribution in [0.4, 0.5) is 4.39 Å². The first-order valence-corrected chi connectivity index (χ1v) is 6.66. The van der Waals surface area contributed by atoms with Gasteiger partial charge in [0.05, 0.1) is 0 Å². The molecular formula is C15H23FN2O2. The van der Waals surface area contributed by atoms with Crippen molar-refractivity contribution in [2.24, 2.45) is 5.73 Å². The molecular weight excluding hydrogens is 259 g/mol. The van der Waals surface area contributed by atoms with Gasteiger partial charge in [-0.05, 0) is 45.7 Å². The monoisotopic (exact) mass is 282 g/mol. The molecule has 1 unspecified atom stereocenters. The summed E-state index contributed by atoms with van der Waals surface area (Å²) < 4.78 is 19.1. The van der Waals surface area contributed by atoms with Crippen LogP contribution in [-0.2, 0) is 11.2 Å². The molecule has 1 amide bonds. The topological polar surface area (TPSA) is 64.3 Å². The van der Waals surface area contributed by atoms with Crippen molar-refractivity contribution in [1.29, 1.82) is 0 Å². The van der Waals surface area contributed by atoms with Gasteiger partial charge < -0.3 is 15.8 Å². The van der Waals surface area contributed by atoms with Gasteiger partial charge in [0.1, 0.15) is 0 Å². The van der Waals surface area contributed by atoms with E-state index in [1.54, 1.807) is 12.1 Å². The zero-order valence-corrected chi connectivity index (χ0v) is 12.5. The maximum Gasteiger partial charge on any atom is 0.258 e. The molecule has 0 saturated carbocycles. The van der Waals surface area contributed by atoms with Gasteiger partial charge in [0.15, 0.2) is 18.2 Å². The van der Waals surface area contributed by atoms with E-state index in [2.05, 4.69) is 5.32 Å². The Labute approximate surface area is 119 Å². The van der Waals surface area contributed by atoms with Crippen LogP contribution in [-0.4, -0.2) is 24.1 Å². The molecule has 0 fully saturated rings. The fourth-order valence-electron chi connectivity index (χ4n) is 1.81. The van der Waals surface area contributed by atoms with Crippen molar-refractivity contribution in [3.8, 4) is 5.75 Å². The summed E-state index contributed by atoms with van der Waals surface area (Å²) in [5.41, 5.74) is 6.05. The van der Waals surface area contributed by atoms with Crippen LogP contribution in [0.1, 0.15) is 33.3 Å². The van der Waals surface area contributed by atoms with Crippen LogP contribution in [0.25, 0.3) is 0 Å². The van der Waals surface area contributed by atoms with E-state index in [0.29, 0.717) is 12.0 Å². The third-order valence-electron chi connectivity index (χ3n) is 2.45. The van der Waals surface area contributed by atoms with Gasteiger partial charge in [-0.3, -0.25) is 4.79 Å². The fourth-order valence-corrected chi connectivity index (χ4v) is 1.81. The quantitative estimate of drug-likeness (QED) is 0.868. The Morgan fingerprint density at radius 2 is 2.10 bits per heavy atom. The average Bonchev–Trinajstić information content (AvgIpc) is 2.24. The van der Waals surface area contributed by atoms with E-state index in [-0.39, 0.29) is 29.8 Å². The highest BCUT2D eigenvalue weighted by molar-refractivity contribution is 5.78. The summed E-state index contributed by atoms with van der Waals surface area (Å²) in [6.45, 7) is 7.23. The first-order chi connectivity index (χ1) is 9.19. The number of nitrogens with two attached hydrogens (primary N) is 1. The summed E-state index contributed by atoms with van der Waals surface area (Å²) in [5.74, 6) is -0.659. The number of carbonyl (C=O) groups is 1. The lowest BCUT2D eigenvalue weighted by Crippen LogP contribution is -2.43. The van der Waals surface area contributed by atoms with Gasteiger partial charge >= 0.3 is 0 Å². The van der Waals surface area contributed by atoms with E-state index in [1.807, 2.05) is 27.7 Å². The van der Waals surface area contributed by atoms with Gasteiger partial charge in [-0.2, -0.15) is 0 Å². The van der Waals surface area contributed by atoms with E-state index >= 15 is 0 Å². The molecule has 3 N–H and O–H groups in total. The molecule has 5 heteroatoms. The standard InChI is InChI=1S/C15H23FN2O2/c1-10(17)8-11-6-5-7-12(16)14(11)20-9-13(19)18-15(2,3)4/h5-7,10H,8-9,17H2,1-4H3,(H,18,19). The summed E-state index contributed by atoms with van der Waals surface area (Å²) in [6.07, 6.45) is 0.494. The van der Waals surface area contributed by atoms with Gasteiger partial charge in [0.25, 0.3) is 5.91 Å². The summed E-state index contributed by atoms with van der Waals surface area (Å²) in [5, 5.41) is 2.76. The molecule has 0 heterocycles. The number of para-hydroxylation sites is 1. The highest BCUT2D eigenvalue weighted by Gasteiger charge is 2.16. The molecule has 0 saturated heterocycles. The van der Waals surface area contributed by atoms with Gasteiger partial charge in [-0.1, -0.05) is 12.1 Å². The Bertz CT molecular complexity index is 467. The maximum absolute atomic E-state index is 13.8. The van der Waals surface area contributed by atoms with Crippen molar-refractivity contribution in [3.05, 3.63) is 29.6 Å². The van der Waals surface area contributed by atoms with Crippen LogP contribution in [0.5, 0.6) is 5.75 Å². The zero-order valence-electron chi connectivity index (χ0n) is 12.5. The third kappa shape index (κ3) is 5.57. The second-order valence-corrected chi connectivity index (χ2v) is 6.00. The fraction of sp³-hybridized carbons (Fsp3) is 0.533. The number of ether oxygens (including phenoxy) is 1. The molecule has 4 nitrogen and oxygen atoms in total. The Balaban J connectivity index is 2.74. The van der Waals surface area contributed by atoms with Crippen LogP contribution in [0.2, 0.25) is 0 Å². The number of amides is 1. The SMILES string of the molecule is CC(N)Cc1cccc(F)c1OCC(=O)NC(C)(C)C. The summed E-state index contributed by atoms with van der Waals surface area (Å²) in [6, 6.07) is 4.56. The van der Waals surface area contributed by atoms with Crippen LogP contribution < -0.4 is 15.8 Å². The van der Waals surface area contributed by atoms with Crippen LogP contribution in [0, 0.1) is 5.82 Å². The van der Waals surface area contributed by atoms with Gasteiger partial charge in [-0.15, -0.1) is 0 Å². The van der Waals surface area contributed by atoms with E-state index < -0.39 is 5.82 Å². The summed E-state index contributed by atoms with van der Waals surface area (Å²) in [7, 11) is 0. The Hall–Kier alpha value is -1.62.